The zero-order valence-electron chi connectivity index (χ0n) is 10.9. The molecule has 1 aromatic rings. The summed E-state index contributed by atoms with van der Waals surface area (Å²) in [6.45, 7) is 2.50. The quantitative estimate of drug-likeness (QED) is 0.799. The van der Waals surface area contributed by atoms with Gasteiger partial charge in [-0.3, -0.25) is 0 Å². The Morgan fingerprint density at radius 1 is 1.45 bits per heavy atom. The maximum Gasteiger partial charge on any atom is 0.335 e. The fourth-order valence-corrected chi connectivity index (χ4v) is 2.17. The van der Waals surface area contributed by atoms with Crippen LogP contribution in [0.1, 0.15) is 23.7 Å². The van der Waals surface area contributed by atoms with Gasteiger partial charge in [-0.1, -0.05) is 11.6 Å². The Kier molecular flexibility index (Phi) is 4.46. The van der Waals surface area contributed by atoms with Crippen molar-refractivity contribution in [2.45, 2.75) is 25.5 Å². The van der Waals surface area contributed by atoms with E-state index >= 15 is 0 Å². The van der Waals surface area contributed by atoms with Gasteiger partial charge in [0.15, 0.2) is 0 Å². The molecule has 0 aromatic heterocycles. The SMILES string of the molecule is CC1OCCC1NC(=O)Nc1cc(C(=O)O)ccc1Cl. The van der Waals surface area contributed by atoms with Crippen molar-refractivity contribution in [1.82, 2.24) is 5.32 Å². The normalized spacial score (nSPS) is 21.5. The van der Waals surface area contributed by atoms with Crippen LogP contribution in [0.5, 0.6) is 0 Å². The van der Waals surface area contributed by atoms with Crippen molar-refractivity contribution in [3.8, 4) is 0 Å². The Labute approximate surface area is 121 Å². The Balaban J connectivity index is 2.03. The molecule has 2 rings (SSSR count). The van der Waals surface area contributed by atoms with Gasteiger partial charge in [0.05, 0.1) is 28.4 Å². The maximum absolute atomic E-state index is 11.9. The number of carboxylic acids is 1. The highest BCUT2D eigenvalue weighted by molar-refractivity contribution is 6.33. The van der Waals surface area contributed by atoms with Crippen molar-refractivity contribution in [2.24, 2.45) is 0 Å². The number of rotatable bonds is 3. The maximum atomic E-state index is 11.9. The number of halogens is 1. The van der Waals surface area contributed by atoms with E-state index in [1.165, 1.54) is 18.2 Å². The summed E-state index contributed by atoms with van der Waals surface area (Å²) in [5, 5.41) is 14.5. The van der Waals surface area contributed by atoms with Crippen LogP contribution in [0.15, 0.2) is 18.2 Å². The number of carbonyl (C=O) groups excluding carboxylic acids is 1. The fourth-order valence-electron chi connectivity index (χ4n) is 2.00. The predicted octanol–water partition coefficient (Wildman–Crippen LogP) is 2.34. The molecule has 0 spiro atoms. The Morgan fingerprint density at radius 3 is 2.80 bits per heavy atom. The standard InChI is InChI=1S/C13H15ClN2O4/c1-7-10(4-5-20-7)15-13(19)16-11-6-8(12(17)18)2-3-9(11)14/h2-3,6-7,10H,4-5H2,1H3,(H,17,18)(H2,15,16,19). The summed E-state index contributed by atoms with van der Waals surface area (Å²) in [6.07, 6.45) is 0.707. The van der Waals surface area contributed by atoms with Gasteiger partial charge in [0.1, 0.15) is 0 Å². The molecule has 1 aromatic carbocycles. The number of nitrogens with one attached hydrogen (secondary N) is 2. The predicted molar refractivity (Wildman–Crippen MR) is 74.4 cm³/mol. The third-order valence-corrected chi connectivity index (χ3v) is 3.48. The Morgan fingerprint density at radius 2 is 2.20 bits per heavy atom. The molecule has 1 saturated heterocycles. The van der Waals surface area contributed by atoms with E-state index in [9.17, 15) is 9.59 Å². The van der Waals surface area contributed by atoms with Crippen LogP contribution in [0.25, 0.3) is 0 Å². The third kappa shape index (κ3) is 3.40. The summed E-state index contributed by atoms with van der Waals surface area (Å²) in [7, 11) is 0. The lowest BCUT2D eigenvalue weighted by atomic mass is 10.1. The number of ether oxygens (including phenoxy) is 1. The molecular weight excluding hydrogens is 284 g/mol. The summed E-state index contributed by atoms with van der Waals surface area (Å²) < 4.78 is 5.34. The first-order valence-corrected chi connectivity index (χ1v) is 6.57. The summed E-state index contributed by atoms with van der Waals surface area (Å²) >= 11 is 5.93. The molecule has 7 heteroatoms. The number of hydrogen-bond acceptors (Lipinski definition) is 3. The molecule has 2 atom stereocenters. The molecule has 0 bridgehead atoms. The largest absolute Gasteiger partial charge is 0.478 e. The van der Waals surface area contributed by atoms with Crippen LogP contribution in [0.4, 0.5) is 10.5 Å². The highest BCUT2D eigenvalue weighted by Crippen LogP contribution is 2.23. The monoisotopic (exact) mass is 298 g/mol. The number of benzene rings is 1. The molecular formula is C13H15ClN2O4. The first kappa shape index (κ1) is 14.6. The molecule has 1 aliphatic heterocycles. The van der Waals surface area contributed by atoms with E-state index in [1.807, 2.05) is 6.92 Å². The van der Waals surface area contributed by atoms with E-state index < -0.39 is 12.0 Å². The van der Waals surface area contributed by atoms with Crippen molar-refractivity contribution < 1.29 is 19.4 Å². The summed E-state index contributed by atoms with van der Waals surface area (Å²) in [5.41, 5.74) is 0.318. The molecule has 3 N–H and O–H groups in total. The molecule has 0 radical (unpaired) electrons. The van der Waals surface area contributed by atoms with Crippen LogP contribution >= 0.6 is 11.6 Å². The van der Waals surface area contributed by atoms with Gasteiger partial charge in [-0.2, -0.15) is 0 Å². The summed E-state index contributed by atoms with van der Waals surface area (Å²) in [5.74, 6) is -1.08. The number of carbonyl (C=O) groups is 2. The number of urea groups is 1. The molecule has 1 fully saturated rings. The molecule has 20 heavy (non-hydrogen) atoms. The minimum absolute atomic E-state index is 0.0402. The molecule has 1 aliphatic rings. The minimum Gasteiger partial charge on any atom is -0.478 e. The average molecular weight is 299 g/mol. The van der Waals surface area contributed by atoms with E-state index in [0.717, 1.165) is 6.42 Å². The Hall–Kier alpha value is -1.79. The summed E-state index contributed by atoms with van der Waals surface area (Å²) in [6, 6.07) is 3.63. The molecule has 2 unspecified atom stereocenters. The van der Waals surface area contributed by atoms with E-state index in [1.54, 1.807) is 0 Å². The molecule has 1 heterocycles. The highest BCUT2D eigenvalue weighted by atomic mass is 35.5. The van der Waals surface area contributed by atoms with Crippen molar-refractivity contribution in [1.29, 1.82) is 0 Å². The number of hydrogen-bond donors (Lipinski definition) is 3. The number of anilines is 1. The van der Waals surface area contributed by atoms with Crippen molar-refractivity contribution in [2.75, 3.05) is 11.9 Å². The smallest absolute Gasteiger partial charge is 0.335 e. The molecule has 6 nitrogen and oxygen atoms in total. The van der Waals surface area contributed by atoms with E-state index in [4.69, 9.17) is 21.4 Å². The van der Waals surface area contributed by atoms with E-state index in [2.05, 4.69) is 10.6 Å². The van der Waals surface area contributed by atoms with Gasteiger partial charge < -0.3 is 20.5 Å². The second kappa shape index (κ2) is 6.11. The number of aromatic carboxylic acids is 1. The first-order chi connectivity index (χ1) is 9.47. The van der Waals surface area contributed by atoms with E-state index in [-0.39, 0.29) is 28.4 Å². The van der Waals surface area contributed by atoms with Gasteiger partial charge in [0.2, 0.25) is 0 Å². The second-order valence-corrected chi connectivity index (χ2v) is 4.98. The van der Waals surface area contributed by atoms with Crippen LogP contribution in [0, 0.1) is 0 Å². The van der Waals surface area contributed by atoms with Crippen molar-refractivity contribution in [3.05, 3.63) is 28.8 Å². The van der Waals surface area contributed by atoms with Gasteiger partial charge in [-0.15, -0.1) is 0 Å². The Bertz CT molecular complexity index is 535. The van der Waals surface area contributed by atoms with Gasteiger partial charge >= 0.3 is 12.0 Å². The fraction of sp³-hybridized carbons (Fsp3) is 0.385. The van der Waals surface area contributed by atoms with Crippen LogP contribution in [-0.2, 0) is 4.74 Å². The molecule has 0 aliphatic carbocycles. The molecule has 108 valence electrons. The minimum atomic E-state index is -1.08. The van der Waals surface area contributed by atoms with Crippen molar-refractivity contribution >= 4 is 29.3 Å². The lowest BCUT2D eigenvalue weighted by molar-refractivity contribution is 0.0697. The van der Waals surface area contributed by atoms with Crippen molar-refractivity contribution in [3.63, 3.8) is 0 Å². The number of carboxylic acid groups (broad SMARTS) is 1. The lowest BCUT2D eigenvalue weighted by Gasteiger charge is -2.17. The zero-order valence-corrected chi connectivity index (χ0v) is 11.6. The van der Waals surface area contributed by atoms with Crippen LogP contribution in [0.3, 0.4) is 0 Å². The van der Waals surface area contributed by atoms with Crippen LogP contribution < -0.4 is 10.6 Å². The van der Waals surface area contributed by atoms with Crippen LogP contribution in [-0.4, -0.2) is 35.9 Å². The van der Waals surface area contributed by atoms with Gasteiger partial charge in [-0.05, 0) is 31.5 Å². The van der Waals surface area contributed by atoms with Gasteiger partial charge in [0, 0.05) is 6.61 Å². The number of amides is 2. The zero-order chi connectivity index (χ0) is 14.7. The van der Waals surface area contributed by atoms with E-state index in [0.29, 0.717) is 6.61 Å². The highest BCUT2D eigenvalue weighted by Gasteiger charge is 2.25. The third-order valence-electron chi connectivity index (χ3n) is 3.15. The second-order valence-electron chi connectivity index (χ2n) is 4.57. The van der Waals surface area contributed by atoms with Crippen LogP contribution in [0.2, 0.25) is 5.02 Å². The first-order valence-electron chi connectivity index (χ1n) is 6.19. The molecule has 2 amide bonds. The topological polar surface area (TPSA) is 87.7 Å². The summed E-state index contributed by atoms with van der Waals surface area (Å²) in [4.78, 5) is 22.7. The van der Waals surface area contributed by atoms with Gasteiger partial charge in [-0.25, -0.2) is 9.59 Å². The average Bonchev–Trinajstić information content (AvgIpc) is 2.77. The molecule has 0 saturated carbocycles. The lowest BCUT2D eigenvalue weighted by Crippen LogP contribution is -2.41. The van der Waals surface area contributed by atoms with Gasteiger partial charge in [0.25, 0.3) is 0 Å².